The average Bonchev–Trinajstić information content (AvgIpc) is 3.26. The van der Waals surface area contributed by atoms with Crippen molar-refractivity contribution in [2.45, 2.75) is 25.4 Å². The molecule has 0 radical (unpaired) electrons. The van der Waals surface area contributed by atoms with Crippen LogP contribution in [0.15, 0.2) is 84.9 Å². The molecule has 35 heavy (non-hydrogen) atoms. The molecule has 6 heteroatoms. The van der Waals surface area contributed by atoms with Gasteiger partial charge in [-0.15, -0.1) is 0 Å². The first-order valence-corrected chi connectivity index (χ1v) is 11.7. The third kappa shape index (κ3) is 5.78. The second-order valence-electron chi connectivity index (χ2n) is 8.47. The molecule has 1 aromatic heterocycles. The van der Waals surface area contributed by atoms with Crippen molar-refractivity contribution in [2.75, 3.05) is 20.8 Å². The van der Waals surface area contributed by atoms with Gasteiger partial charge < -0.3 is 14.5 Å². The van der Waals surface area contributed by atoms with Crippen molar-refractivity contribution in [3.63, 3.8) is 0 Å². The summed E-state index contributed by atoms with van der Waals surface area (Å²) in [5.41, 5.74) is 4.78. The summed E-state index contributed by atoms with van der Waals surface area (Å²) in [6.45, 7) is 2.30. The van der Waals surface area contributed by atoms with Gasteiger partial charge >= 0.3 is 11.9 Å². The monoisotopic (exact) mass is 470 g/mol. The van der Waals surface area contributed by atoms with Crippen molar-refractivity contribution in [1.82, 2.24) is 9.88 Å². The highest BCUT2D eigenvalue weighted by Crippen LogP contribution is 2.30. The van der Waals surface area contributed by atoms with E-state index in [1.165, 1.54) is 25.3 Å². The van der Waals surface area contributed by atoms with Crippen LogP contribution in [-0.2, 0) is 38.6 Å². The quantitative estimate of drug-likeness (QED) is 0.265. The van der Waals surface area contributed by atoms with E-state index < -0.39 is 17.9 Å². The van der Waals surface area contributed by atoms with Gasteiger partial charge in [-0.3, -0.25) is 14.5 Å². The smallest absolute Gasteiger partial charge is 0.326 e. The zero-order valence-corrected chi connectivity index (χ0v) is 20.1. The molecule has 0 aliphatic rings. The molecule has 4 rings (SSSR count). The van der Waals surface area contributed by atoms with Gasteiger partial charge in [-0.25, -0.2) is 0 Å². The maximum absolute atomic E-state index is 12.6. The Morgan fingerprint density at radius 1 is 0.771 bits per heavy atom. The molecule has 0 spiro atoms. The molecule has 0 saturated carbocycles. The molecule has 0 bridgehead atoms. The molecule has 3 aromatic carbocycles. The summed E-state index contributed by atoms with van der Waals surface area (Å²) >= 11 is 0. The van der Waals surface area contributed by atoms with E-state index in [1.54, 1.807) is 0 Å². The molecule has 0 aliphatic carbocycles. The van der Waals surface area contributed by atoms with Gasteiger partial charge in [0, 0.05) is 36.2 Å². The molecule has 1 heterocycles. The lowest BCUT2D eigenvalue weighted by Crippen LogP contribution is -2.28. The number of carbonyl (C=O) groups is 2. The largest absolute Gasteiger partial charge is 0.468 e. The number of hydrogen-bond acceptors (Lipinski definition) is 5. The molecule has 0 saturated heterocycles. The van der Waals surface area contributed by atoms with Crippen LogP contribution in [-0.4, -0.2) is 42.6 Å². The predicted octanol–water partition coefficient (Wildman–Crippen LogP) is 4.84. The predicted molar refractivity (Wildman–Crippen MR) is 136 cm³/mol. The number of aromatic amines is 1. The highest BCUT2D eigenvalue weighted by atomic mass is 16.5. The molecule has 0 aliphatic heterocycles. The van der Waals surface area contributed by atoms with E-state index in [9.17, 15) is 9.59 Å². The van der Waals surface area contributed by atoms with Gasteiger partial charge in [-0.2, -0.15) is 0 Å². The first-order chi connectivity index (χ1) is 17.1. The van der Waals surface area contributed by atoms with Crippen LogP contribution in [0.2, 0.25) is 0 Å². The van der Waals surface area contributed by atoms with Crippen LogP contribution < -0.4 is 0 Å². The van der Waals surface area contributed by atoms with Crippen molar-refractivity contribution in [2.24, 2.45) is 0 Å². The number of aromatic nitrogens is 1. The van der Waals surface area contributed by atoms with Gasteiger partial charge in [-0.05, 0) is 29.2 Å². The molecule has 6 nitrogen and oxygen atoms in total. The van der Waals surface area contributed by atoms with Gasteiger partial charge in [0.05, 0.1) is 14.2 Å². The maximum atomic E-state index is 12.6. The number of esters is 2. The van der Waals surface area contributed by atoms with Crippen LogP contribution >= 0.6 is 0 Å². The zero-order valence-electron chi connectivity index (χ0n) is 20.1. The normalized spacial score (nSPS) is 11.2. The van der Waals surface area contributed by atoms with Crippen LogP contribution in [0.4, 0.5) is 0 Å². The molecule has 4 aromatic rings. The Labute approximate surface area is 205 Å². The van der Waals surface area contributed by atoms with E-state index >= 15 is 0 Å². The summed E-state index contributed by atoms with van der Waals surface area (Å²) in [6.07, 6.45) is 0.642. The van der Waals surface area contributed by atoms with Gasteiger partial charge in [0.1, 0.15) is 0 Å². The van der Waals surface area contributed by atoms with Crippen molar-refractivity contribution >= 4 is 22.8 Å². The lowest BCUT2D eigenvalue weighted by atomic mass is 9.97. The first kappa shape index (κ1) is 24.2. The highest BCUT2D eigenvalue weighted by molar-refractivity contribution is 6.02. The molecular formula is C29H30N2O4. The summed E-state index contributed by atoms with van der Waals surface area (Å²) in [4.78, 5) is 30.9. The Morgan fingerprint density at radius 3 is 1.83 bits per heavy atom. The third-order valence-electron chi connectivity index (χ3n) is 6.19. The van der Waals surface area contributed by atoms with Crippen LogP contribution in [0.5, 0.6) is 0 Å². The van der Waals surface area contributed by atoms with E-state index in [-0.39, 0.29) is 0 Å². The fraction of sp³-hybridized carbons (Fsp3) is 0.241. The number of ether oxygens (including phenoxy) is 2. The lowest BCUT2D eigenvalue weighted by Gasteiger charge is -2.23. The summed E-state index contributed by atoms with van der Waals surface area (Å²) in [7, 11) is 2.56. The number of benzene rings is 3. The molecule has 1 N–H and O–H groups in total. The number of para-hydroxylation sites is 1. The van der Waals surface area contributed by atoms with E-state index in [1.807, 2.05) is 60.7 Å². The van der Waals surface area contributed by atoms with Crippen molar-refractivity contribution < 1.29 is 19.1 Å². The van der Waals surface area contributed by atoms with Crippen molar-refractivity contribution in [3.05, 3.63) is 107 Å². The van der Waals surface area contributed by atoms with E-state index in [0.717, 1.165) is 36.1 Å². The van der Waals surface area contributed by atoms with Gasteiger partial charge in [0.15, 0.2) is 5.92 Å². The zero-order chi connectivity index (χ0) is 24.6. The molecule has 0 amide bonds. The van der Waals surface area contributed by atoms with Gasteiger partial charge in [0.25, 0.3) is 0 Å². The minimum absolute atomic E-state index is 0.532. The number of carbonyl (C=O) groups excluding carboxylic acids is 2. The summed E-state index contributed by atoms with van der Waals surface area (Å²) in [5, 5.41) is 0.986. The number of nitrogens with zero attached hydrogens (tertiary/aromatic N) is 1. The second-order valence-corrected chi connectivity index (χ2v) is 8.47. The molecule has 0 fully saturated rings. The van der Waals surface area contributed by atoms with E-state index in [0.29, 0.717) is 12.1 Å². The maximum Gasteiger partial charge on any atom is 0.326 e. The minimum atomic E-state index is -1.16. The van der Waals surface area contributed by atoms with Crippen molar-refractivity contribution in [3.8, 4) is 0 Å². The fourth-order valence-electron chi connectivity index (χ4n) is 4.47. The van der Waals surface area contributed by atoms with Crippen LogP contribution in [0, 0.1) is 0 Å². The molecule has 180 valence electrons. The Bertz CT molecular complexity index is 1210. The first-order valence-electron chi connectivity index (χ1n) is 11.7. The Balaban J connectivity index is 1.67. The fourth-order valence-corrected chi connectivity index (χ4v) is 4.47. The summed E-state index contributed by atoms with van der Waals surface area (Å²) in [5.74, 6) is -2.45. The Kier molecular flexibility index (Phi) is 7.95. The molecular weight excluding hydrogens is 440 g/mol. The topological polar surface area (TPSA) is 71.6 Å². The average molecular weight is 471 g/mol. The number of nitrogens with one attached hydrogen (secondary N) is 1. The van der Waals surface area contributed by atoms with Crippen molar-refractivity contribution in [1.29, 1.82) is 0 Å². The number of H-pyrrole nitrogens is 1. The lowest BCUT2D eigenvalue weighted by molar-refractivity contribution is -0.154. The minimum Gasteiger partial charge on any atom is -0.468 e. The van der Waals surface area contributed by atoms with E-state index in [4.69, 9.17) is 9.47 Å². The van der Waals surface area contributed by atoms with Crippen LogP contribution in [0.1, 0.15) is 28.3 Å². The van der Waals surface area contributed by atoms with Crippen LogP contribution in [0.25, 0.3) is 10.9 Å². The highest BCUT2D eigenvalue weighted by Gasteiger charge is 2.34. The van der Waals surface area contributed by atoms with Gasteiger partial charge in [0.2, 0.25) is 0 Å². The van der Waals surface area contributed by atoms with Crippen LogP contribution in [0.3, 0.4) is 0 Å². The number of fused-ring (bicyclic) bond motifs is 1. The number of rotatable bonds is 10. The van der Waals surface area contributed by atoms with Gasteiger partial charge in [-0.1, -0.05) is 78.9 Å². The second kappa shape index (κ2) is 11.5. The number of methoxy groups -OCH3 is 2. The number of hydrogen-bond donors (Lipinski definition) is 1. The Hall–Kier alpha value is -3.90. The summed E-state index contributed by atoms with van der Waals surface area (Å²) in [6, 6.07) is 28.6. The standard InChI is InChI=1S/C29H30N2O4/c1-34-28(32)26(29(33)35-2)27-24(23-15-9-10-16-25(23)30-27)17-18-31(19-21-11-5-3-6-12-21)20-22-13-7-4-8-14-22/h3-16,26,30H,17-20H2,1-2H3. The molecule has 0 unspecified atom stereocenters. The van der Waals surface area contributed by atoms with E-state index in [2.05, 4.69) is 34.1 Å². The summed E-state index contributed by atoms with van der Waals surface area (Å²) < 4.78 is 9.91. The third-order valence-corrected chi connectivity index (χ3v) is 6.19. The Morgan fingerprint density at radius 2 is 1.29 bits per heavy atom. The molecule has 0 atom stereocenters. The SMILES string of the molecule is COC(=O)C(C(=O)OC)c1[nH]c2ccccc2c1CCN(Cc1ccccc1)Cc1ccccc1.